The zero-order valence-corrected chi connectivity index (χ0v) is 14.3. The molecule has 9 heteroatoms. The van der Waals surface area contributed by atoms with Crippen molar-refractivity contribution in [1.29, 1.82) is 0 Å². The number of hydrogen-bond donors (Lipinski definition) is 2. The van der Waals surface area contributed by atoms with Crippen molar-refractivity contribution in [2.75, 3.05) is 0 Å². The van der Waals surface area contributed by atoms with Crippen LogP contribution in [0.3, 0.4) is 0 Å². The van der Waals surface area contributed by atoms with E-state index in [-0.39, 0.29) is 0 Å². The molecule has 6 rings (SSSR count). The Bertz CT molecular complexity index is 1420. The average Bonchev–Trinajstić information content (AvgIpc) is 3.37. The molecule has 0 aliphatic carbocycles. The van der Waals surface area contributed by atoms with Crippen LogP contribution in [0.2, 0.25) is 0 Å². The van der Waals surface area contributed by atoms with Crippen LogP contribution in [0.4, 0.5) is 0 Å². The van der Waals surface area contributed by atoms with E-state index in [1.165, 1.54) is 0 Å². The molecule has 132 valence electrons. The highest BCUT2D eigenvalue weighted by molar-refractivity contribution is 5.90. The van der Waals surface area contributed by atoms with Crippen molar-refractivity contribution in [3.8, 4) is 23.2 Å². The third-order valence-corrected chi connectivity index (χ3v) is 4.41. The summed E-state index contributed by atoms with van der Waals surface area (Å²) < 4.78 is 0. The first kappa shape index (κ1) is 14.9. The smallest absolute Gasteiger partial charge is 0.197 e. The van der Waals surface area contributed by atoms with Gasteiger partial charge in [0.2, 0.25) is 0 Å². The summed E-state index contributed by atoms with van der Waals surface area (Å²) >= 11 is 0. The second-order valence-corrected chi connectivity index (χ2v) is 6.19. The summed E-state index contributed by atoms with van der Waals surface area (Å²) in [4.78, 5) is 37.9. The van der Waals surface area contributed by atoms with Crippen LogP contribution in [0.5, 0.6) is 0 Å². The van der Waals surface area contributed by atoms with Crippen LogP contribution >= 0.6 is 0 Å². The molecule has 6 aromatic rings. The Balaban J connectivity index is 1.63. The van der Waals surface area contributed by atoms with Crippen LogP contribution in [0.1, 0.15) is 0 Å². The average molecular weight is 365 g/mol. The quantitative estimate of drug-likeness (QED) is 0.484. The molecule has 0 saturated carbocycles. The second kappa shape index (κ2) is 5.61. The molecule has 0 atom stereocenters. The van der Waals surface area contributed by atoms with Crippen molar-refractivity contribution in [2.45, 2.75) is 0 Å². The van der Waals surface area contributed by atoms with Crippen molar-refractivity contribution >= 4 is 33.4 Å². The molecule has 0 aromatic carbocycles. The number of nitrogens with one attached hydrogen (secondary N) is 2. The lowest BCUT2D eigenvalue weighted by molar-refractivity contribution is 1.13. The van der Waals surface area contributed by atoms with Gasteiger partial charge in [0, 0.05) is 18.6 Å². The summed E-state index contributed by atoms with van der Waals surface area (Å²) in [7, 11) is 0. The van der Waals surface area contributed by atoms with Crippen molar-refractivity contribution in [2.24, 2.45) is 0 Å². The zero-order valence-electron chi connectivity index (χ0n) is 14.3. The van der Waals surface area contributed by atoms with Crippen LogP contribution < -0.4 is 0 Å². The molecule has 0 fully saturated rings. The minimum atomic E-state index is 0.446. The summed E-state index contributed by atoms with van der Waals surface area (Å²) in [6, 6.07) is 11.3. The Morgan fingerprint density at radius 1 is 0.607 bits per heavy atom. The van der Waals surface area contributed by atoms with Crippen molar-refractivity contribution in [1.82, 2.24) is 44.9 Å². The first-order valence-electron chi connectivity index (χ1n) is 8.60. The van der Waals surface area contributed by atoms with E-state index in [9.17, 15) is 0 Å². The van der Waals surface area contributed by atoms with E-state index in [2.05, 4.69) is 39.9 Å². The highest BCUT2D eigenvalue weighted by Gasteiger charge is 2.17. The Labute approximate surface area is 157 Å². The molecule has 2 N–H and O–H groups in total. The number of aromatic nitrogens is 9. The van der Waals surface area contributed by atoms with E-state index in [1.807, 2.05) is 36.4 Å². The van der Waals surface area contributed by atoms with Gasteiger partial charge in [-0.05, 0) is 36.4 Å². The summed E-state index contributed by atoms with van der Waals surface area (Å²) in [6.45, 7) is 0. The van der Waals surface area contributed by atoms with Gasteiger partial charge in [-0.25, -0.2) is 29.9 Å². The van der Waals surface area contributed by atoms with Gasteiger partial charge in [-0.1, -0.05) is 0 Å². The highest BCUT2D eigenvalue weighted by atomic mass is 15.1. The molecule has 6 heterocycles. The molecule has 6 aromatic heterocycles. The molecular weight excluding hydrogens is 354 g/mol. The van der Waals surface area contributed by atoms with Crippen molar-refractivity contribution in [3.05, 3.63) is 55.0 Å². The van der Waals surface area contributed by atoms with Crippen molar-refractivity contribution < 1.29 is 0 Å². The van der Waals surface area contributed by atoms with Gasteiger partial charge in [0.05, 0.1) is 16.6 Å². The van der Waals surface area contributed by atoms with Gasteiger partial charge in [-0.2, -0.15) is 0 Å². The van der Waals surface area contributed by atoms with E-state index in [4.69, 9.17) is 4.98 Å². The van der Waals surface area contributed by atoms with Gasteiger partial charge in [-0.15, -0.1) is 0 Å². The predicted octanol–water partition coefficient (Wildman–Crippen LogP) is 2.90. The Kier molecular flexibility index (Phi) is 2.98. The van der Waals surface area contributed by atoms with Gasteiger partial charge < -0.3 is 9.97 Å². The summed E-state index contributed by atoms with van der Waals surface area (Å²) in [5.41, 5.74) is 4.82. The predicted molar refractivity (Wildman–Crippen MR) is 103 cm³/mol. The van der Waals surface area contributed by atoms with Crippen LogP contribution in [0.15, 0.2) is 55.0 Å². The number of pyridine rings is 3. The number of nitrogens with zero attached hydrogens (tertiary/aromatic N) is 7. The maximum absolute atomic E-state index is 4.72. The van der Waals surface area contributed by atoms with Crippen LogP contribution in [0, 0.1) is 0 Å². The largest absolute Gasteiger partial charge is 0.335 e. The van der Waals surface area contributed by atoms with Crippen LogP contribution in [0.25, 0.3) is 56.5 Å². The maximum atomic E-state index is 4.72. The van der Waals surface area contributed by atoms with Gasteiger partial charge in [0.15, 0.2) is 28.8 Å². The summed E-state index contributed by atoms with van der Waals surface area (Å²) in [5.74, 6) is 1.56. The molecule has 0 radical (unpaired) electrons. The molecule has 0 saturated heterocycles. The number of hydrogen-bond acceptors (Lipinski definition) is 7. The molecule has 0 aliphatic rings. The third kappa shape index (κ3) is 2.23. The van der Waals surface area contributed by atoms with E-state index in [1.54, 1.807) is 18.6 Å². The Hall–Kier alpha value is -4.27. The number of H-pyrrole nitrogens is 2. The highest BCUT2D eigenvalue weighted by Crippen LogP contribution is 2.26. The van der Waals surface area contributed by atoms with Gasteiger partial charge in [0.1, 0.15) is 11.2 Å². The molecule has 0 unspecified atom stereocenters. The van der Waals surface area contributed by atoms with E-state index in [0.29, 0.717) is 45.5 Å². The molecule has 9 nitrogen and oxygen atoms in total. The minimum absolute atomic E-state index is 0.446. The topological polar surface area (TPSA) is 122 Å². The maximum Gasteiger partial charge on any atom is 0.197 e. The van der Waals surface area contributed by atoms with Crippen LogP contribution in [-0.4, -0.2) is 44.9 Å². The lowest BCUT2D eigenvalue weighted by Gasteiger charge is -2.04. The van der Waals surface area contributed by atoms with Crippen LogP contribution in [-0.2, 0) is 0 Å². The Morgan fingerprint density at radius 2 is 1.25 bits per heavy atom. The normalized spacial score (nSPS) is 11.6. The fourth-order valence-corrected chi connectivity index (χ4v) is 3.15. The second-order valence-electron chi connectivity index (χ2n) is 6.19. The fourth-order valence-electron chi connectivity index (χ4n) is 3.15. The molecule has 0 aliphatic heterocycles. The number of rotatable bonds is 2. The zero-order chi connectivity index (χ0) is 18.5. The number of imidazole rings is 2. The number of fused-ring (bicyclic) bond motifs is 3. The molecular formula is C19H11N9. The molecule has 0 spiro atoms. The van der Waals surface area contributed by atoms with Gasteiger partial charge >= 0.3 is 0 Å². The minimum Gasteiger partial charge on any atom is -0.335 e. The lowest BCUT2D eigenvalue weighted by atomic mass is 10.2. The number of aromatic amines is 2. The Morgan fingerprint density at radius 3 is 2.00 bits per heavy atom. The first-order chi connectivity index (χ1) is 13.8. The molecule has 0 amide bonds. The molecule has 28 heavy (non-hydrogen) atoms. The van der Waals surface area contributed by atoms with Crippen molar-refractivity contribution in [3.63, 3.8) is 0 Å². The first-order valence-corrected chi connectivity index (χ1v) is 8.60. The summed E-state index contributed by atoms with van der Waals surface area (Å²) in [5, 5.41) is 0. The molecule has 0 bridgehead atoms. The van der Waals surface area contributed by atoms with E-state index < -0.39 is 0 Å². The third-order valence-electron chi connectivity index (χ3n) is 4.41. The summed E-state index contributed by atoms with van der Waals surface area (Å²) in [6.07, 6.45) is 5.11. The lowest BCUT2D eigenvalue weighted by Crippen LogP contribution is -1.98. The monoisotopic (exact) mass is 365 g/mol. The van der Waals surface area contributed by atoms with Gasteiger partial charge in [-0.3, -0.25) is 4.98 Å². The van der Waals surface area contributed by atoms with Gasteiger partial charge in [0.25, 0.3) is 0 Å². The standard InChI is InChI=1S/C19H11N9/c1-4-10-13(20-7-1)14(17-24-11-5-2-8-21-15(11)27-17)26-18(23-10)19-25-12-6-3-9-22-16(12)28-19/h1-9H,(H,21,24,27)(H,22,25,28). The fraction of sp³-hybridized carbons (Fsp3) is 0. The SMILES string of the molecule is c1cnc2c(-c3nc4ncccc4[nH]3)nc(-c3nc4ncccc4[nH]3)nc2c1. The van der Waals surface area contributed by atoms with E-state index in [0.717, 1.165) is 11.0 Å². The van der Waals surface area contributed by atoms with E-state index >= 15 is 0 Å².